The topological polar surface area (TPSA) is 113 Å². The van der Waals surface area contributed by atoms with E-state index in [9.17, 15) is 15.0 Å². The fraction of sp³-hybridized carbons (Fsp3) is 0.357. The molecule has 0 fully saturated rings. The number of carbonyl (C=O) groups excluding carboxylic acids is 1. The number of hydrogen-bond acceptors (Lipinski definition) is 7. The van der Waals surface area contributed by atoms with Gasteiger partial charge in [-0.1, -0.05) is 0 Å². The van der Waals surface area contributed by atoms with Crippen molar-refractivity contribution in [2.45, 2.75) is 65.4 Å². The smallest absolute Gasteiger partial charge is 0.268 e. The summed E-state index contributed by atoms with van der Waals surface area (Å²) in [6, 6.07) is 4.01. The Labute approximate surface area is 223 Å². The quantitative estimate of drug-likeness (QED) is 0.393. The molecule has 0 unspecified atom stereocenters. The molecule has 1 aliphatic heterocycles. The molecule has 0 saturated carbocycles. The molecular formula is C28H29F2N5O4. The summed E-state index contributed by atoms with van der Waals surface area (Å²) in [7, 11) is 0. The maximum atomic E-state index is 15.1. The fourth-order valence-corrected chi connectivity index (χ4v) is 4.54. The number of hydrogen-bond donors (Lipinski definition) is 2. The molecule has 0 bridgehead atoms. The van der Waals surface area contributed by atoms with Crippen molar-refractivity contribution in [1.29, 1.82) is 0 Å². The lowest BCUT2D eigenvalue weighted by molar-refractivity contribution is -0.125. The zero-order valence-electron chi connectivity index (χ0n) is 22.5. The Morgan fingerprint density at radius 1 is 1.03 bits per heavy atom. The summed E-state index contributed by atoms with van der Waals surface area (Å²) in [4.78, 5) is 27.5. The molecule has 1 aromatic carbocycles. The Hall–Kier alpha value is -3.96. The molecule has 3 aromatic heterocycles. The molecule has 1 atom stereocenters. The first-order valence-corrected chi connectivity index (χ1v) is 12.4. The van der Waals surface area contributed by atoms with Crippen LogP contribution in [-0.2, 0) is 22.5 Å². The summed E-state index contributed by atoms with van der Waals surface area (Å²) in [6.07, 6.45) is 3.46. The number of aryl methyl sites for hydroxylation is 1. The first kappa shape index (κ1) is 26.6. The number of rotatable bonds is 5. The third-order valence-corrected chi connectivity index (χ3v) is 6.76. The van der Waals surface area contributed by atoms with Gasteiger partial charge in [0.05, 0.1) is 29.2 Å². The molecule has 204 valence electrons. The Kier molecular flexibility index (Phi) is 6.19. The van der Waals surface area contributed by atoms with Crippen LogP contribution < -0.4 is 9.64 Å². The minimum absolute atomic E-state index is 0.0134. The number of anilines is 1. The van der Waals surface area contributed by atoms with E-state index in [0.29, 0.717) is 22.6 Å². The zero-order valence-corrected chi connectivity index (χ0v) is 22.5. The Morgan fingerprint density at radius 2 is 1.69 bits per heavy atom. The number of ether oxygens (including phenoxy) is 1. The van der Waals surface area contributed by atoms with Crippen molar-refractivity contribution in [3.8, 4) is 16.9 Å². The van der Waals surface area contributed by atoms with Crippen LogP contribution in [0, 0.1) is 18.6 Å². The zero-order chi connectivity index (χ0) is 28.4. The van der Waals surface area contributed by atoms with Crippen LogP contribution in [-0.4, -0.2) is 41.6 Å². The number of aliphatic hydroxyl groups is 2. The van der Waals surface area contributed by atoms with E-state index >= 15 is 8.78 Å². The highest BCUT2D eigenvalue weighted by molar-refractivity contribution is 6.00. The van der Waals surface area contributed by atoms with E-state index in [0.717, 1.165) is 0 Å². The SMILES string of the molecule is Cc1nc2cc(F)c(-c3cnc(C(C)(C)O)nc3)cn2c1CN1C(=O)[C@H](C)Oc2c(F)cc(C(C)(C)O)cc21. The number of amides is 1. The fourth-order valence-electron chi connectivity index (χ4n) is 4.54. The largest absolute Gasteiger partial charge is 0.476 e. The normalized spacial score (nSPS) is 16.0. The monoisotopic (exact) mass is 537 g/mol. The van der Waals surface area contributed by atoms with E-state index in [1.165, 1.54) is 56.3 Å². The predicted octanol–water partition coefficient (Wildman–Crippen LogP) is 4.15. The summed E-state index contributed by atoms with van der Waals surface area (Å²) in [5.41, 5.74) is -0.121. The van der Waals surface area contributed by atoms with Gasteiger partial charge < -0.3 is 19.4 Å². The van der Waals surface area contributed by atoms with Crippen LogP contribution in [0.15, 0.2) is 36.8 Å². The van der Waals surface area contributed by atoms with E-state index in [1.807, 2.05) is 0 Å². The Balaban J connectivity index is 1.61. The number of carbonyl (C=O) groups is 1. The third-order valence-electron chi connectivity index (χ3n) is 6.76. The molecule has 5 rings (SSSR count). The highest BCUT2D eigenvalue weighted by atomic mass is 19.1. The van der Waals surface area contributed by atoms with Gasteiger partial charge in [-0.3, -0.25) is 9.69 Å². The molecule has 1 amide bonds. The van der Waals surface area contributed by atoms with Crippen molar-refractivity contribution >= 4 is 17.2 Å². The second-order valence-electron chi connectivity index (χ2n) is 10.8. The van der Waals surface area contributed by atoms with Crippen molar-refractivity contribution in [3.63, 3.8) is 0 Å². The lowest BCUT2D eigenvalue weighted by atomic mass is 9.96. The van der Waals surface area contributed by atoms with Gasteiger partial charge in [0.1, 0.15) is 17.1 Å². The van der Waals surface area contributed by atoms with Crippen molar-refractivity contribution < 1.29 is 28.5 Å². The third kappa shape index (κ3) is 4.72. The minimum atomic E-state index is -1.36. The van der Waals surface area contributed by atoms with Crippen molar-refractivity contribution in [2.24, 2.45) is 0 Å². The summed E-state index contributed by atoms with van der Waals surface area (Å²) in [6.45, 7) is 9.41. The summed E-state index contributed by atoms with van der Waals surface area (Å²) >= 11 is 0. The van der Waals surface area contributed by atoms with Crippen LogP contribution in [0.25, 0.3) is 16.8 Å². The van der Waals surface area contributed by atoms with Crippen molar-refractivity contribution in [1.82, 2.24) is 19.4 Å². The number of aromatic nitrogens is 4. The van der Waals surface area contributed by atoms with Gasteiger partial charge in [-0.2, -0.15) is 0 Å². The first-order chi connectivity index (χ1) is 18.1. The number of pyridine rings is 1. The van der Waals surface area contributed by atoms with E-state index in [4.69, 9.17) is 4.74 Å². The number of benzene rings is 1. The van der Waals surface area contributed by atoms with E-state index < -0.39 is 34.8 Å². The molecule has 9 nitrogen and oxygen atoms in total. The molecule has 11 heteroatoms. The van der Waals surface area contributed by atoms with Crippen LogP contribution in [0.1, 0.15) is 57.4 Å². The van der Waals surface area contributed by atoms with Crippen LogP contribution in [0.4, 0.5) is 14.5 Å². The predicted molar refractivity (Wildman–Crippen MR) is 139 cm³/mol. The van der Waals surface area contributed by atoms with E-state index in [2.05, 4.69) is 15.0 Å². The van der Waals surface area contributed by atoms with Crippen LogP contribution >= 0.6 is 0 Å². The molecule has 39 heavy (non-hydrogen) atoms. The van der Waals surface area contributed by atoms with Crippen LogP contribution in [0.2, 0.25) is 0 Å². The first-order valence-electron chi connectivity index (χ1n) is 12.4. The lowest BCUT2D eigenvalue weighted by Crippen LogP contribution is -2.44. The molecule has 2 N–H and O–H groups in total. The van der Waals surface area contributed by atoms with Gasteiger partial charge in [0.15, 0.2) is 23.5 Å². The van der Waals surface area contributed by atoms with Crippen LogP contribution in [0.5, 0.6) is 5.75 Å². The highest BCUT2D eigenvalue weighted by Gasteiger charge is 2.36. The van der Waals surface area contributed by atoms with E-state index in [-0.39, 0.29) is 34.9 Å². The van der Waals surface area contributed by atoms with Gasteiger partial charge in [-0.15, -0.1) is 0 Å². The average molecular weight is 538 g/mol. The van der Waals surface area contributed by atoms with Gasteiger partial charge >= 0.3 is 0 Å². The molecule has 0 spiro atoms. The maximum absolute atomic E-state index is 15.1. The second kappa shape index (κ2) is 9.06. The van der Waals surface area contributed by atoms with Gasteiger partial charge in [0.2, 0.25) is 0 Å². The standard InChI is InChI=1S/C28H29F2N5O4/c1-14-22(13-35-21-8-17(27(3,4)37)7-20(30)24(21)39-15(2)25(35)36)34-12-18(19(29)9-23(34)33-14)16-10-31-26(32-11-16)28(5,6)38/h7-12,15,37-38H,13H2,1-6H3/t15-/m0/s1. The number of imidazole rings is 1. The van der Waals surface area contributed by atoms with Gasteiger partial charge in [-0.25, -0.2) is 23.7 Å². The maximum Gasteiger partial charge on any atom is 0.268 e. The molecule has 0 aliphatic carbocycles. The second-order valence-corrected chi connectivity index (χ2v) is 10.8. The van der Waals surface area contributed by atoms with Crippen molar-refractivity contribution in [3.05, 3.63) is 71.2 Å². The molecule has 1 aliphatic rings. The highest BCUT2D eigenvalue weighted by Crippen LogP contribution is 2.41. The number of nitrogens with zero attached hydrogens (tertiary/aromatic N) is 5. The van der Waals surface area contributed by atoms with Crippen LogP contribution in [0.3, 0.4) is 0 Å². The Bertz CT molecular complexity index is 1600. The molecule has 0 saturated heterocycles. The minimum Gasteiger partial charge on any atom is -0.476 e. The number of fused-ring (bicyclic) bond motifs is 2. The molecule has 4 heterocycles. The lowest BCUT2D eigenvalue weighted by Gasteiger charge is -2.34. The summed E-state index contributed by atoms with van der Waals surface area (Å²) in [5, 5.41) is 20.6. The summed E-state index contributed by atoms with van der Waals surface area (Å²) < 4.78 is 37.5. The van der Waals surface area contributed by atoms with Gasteiger partial charge in [0, 0.05) is 35.8 Å². The van der Waals surface area contributed by atoms with Gasteiger partial charge in [0.25, 0.3) is 5.91 Å². The Morgan fingerprint density at radius 3 is 2.31 bits per heavy atom. The molecular weight excluding hydrogens is 508 g/mol. The average Bonchev–Trinajstić information content (AvgIpc) is 3.14. The van der Waals surface area contributed by atoms with Crippen molar-refractivity contribution in [2.75, 3.05) is 4.90 Å². The number of halogens is 2. The van der Waals surface area contributed by atoms with Gasteiger partial charge in [-0.05, 0) is 59.2 Å². The molecule has 4 aromatic rings. The summed E-state index contributed by atoms with van der Waals surface area (Å²) in [5.74, 6) is -1.53. The van der Waals surface area contributed by atoms with E-state index in [1.54, 1.807) is 31.4 Å². The molecule has 0 radical (unpaired) electrons.